The molecule has 0 fully saturated rings. The molecule has 22 heavy (non-hydrogen) atoms. The topological polar surface area (TPSA) is 53.5 Å². The van der Waals surface area contributed by atoms with Gasteiger partial charge in [0.05, 0.1) is 0 Å². The zero-order valence-electron chi connectivity index (χ0n) is 13.3. The Morgan fingerprint density at radius 2 is 1.00 bits per heavy atom. The molecule has 0 bridgehead atoms. The van der Waals surface area contributed by atoms with Crippen molar-refractivity contribution in [3.05, 3.63) is 54.7 Å². The average molecular weight is 298 g/mol. The van der Waals surface area contributed by atoms with Crippen LogP contribution in [0.4, 0.5) is 0 Å². The third kappa shape index (κ3) is 3.10. The van der Waals surface area contributed by atoms with Crippen molar-refractivity contribution in [3.8, 4) is 0 Å². The summed E-state index contributed by atoms with van der Waals surface area (Å²) in [5.41, 5.74) is 0. The summed E-state index contributed by atoms with van der Waals surface area (Å²) in [6.45, 7) is 0. The Hall–Kier alpha value is -2.37. The molecule has 116 valence electrons. The molecule has 0 amide bonds. The van der Waals surface area contributed by atoms with Crippen LogP contribution in [0.25, 0.3) is 0 Å². The minimum Gasteiger partial charge on any atom is -0.338 e. The molecule has 6 heteroatoms. The SMILES string of the molecule is Cn1ccnc1CC(Cc1nccn1C)Cc1nccn1C. The molecule has 0 aliphatic rings. The quantitative estimate of drug-likeness (QED) is 0.693. The summed E-state index contributed by atoms with van der Waals surface area (Å²) in [6, 6.07) is 0. The van der Waals surface area contributed by atoms with Gasteiger partial charge in [0.25, 0.3) is 0 Å². The molecule has 0 radical (unpaired) electrons. The second-order valence-electron chi connectivity index (χ2n) is 5.84. The maximum atomic E-state index is 4.47. The second-order valence-corrected chi connectivity index (χ2v) is 5.84. The van der Waals surface area contributed by atoms with Crippen LogP contribution in [0.15, 0.2) is 37.2 Å². The number of nitrogens with zero attached hydrogens (tertiary/aromatic N) is 6. The highest BCUT2D eigenvalue weighted by Crippen LogP contribution is 2.17. The van der Waals surface area contributed by atoms with E-state index in [1.165, 1.54) is 0 Å². The third-order valence-corrected chi connectivity index (χ3v) is 4.18. The largest absolute Gasteiger partial charge is 0.338 e. The molecule has 3 aromatic rings. The Bertz CT molecular complexity index is 635. The first-order chi connectivity index (χ1) is 10.6. The van der Waals surface area contributed by atoms with Crippen molar-refractivity contribution in [1.29, 1.82) is 0 Å². The lowest BCUT2D eigenvalue weighted by Gasteiger charge is -2.16. The van der Waals surface area contributed by atoms with Crippen molar-refractivity contribution >= 4 is 0 Å². The lowest BCUT2D eigenvalue weighted by atomic mass is 9.96. The van der Waals surface area contributed by atoms with Crippen LogP contribution in [0.3, 0.4) is 0 Å². The van der Waals surface area contributed by atoms with Crippen molar-refractivity contribution in [1.82, 2.24) is 28.7 Å². The highest BCUT2D eigenvalue weighted by Gasteiger charge is 2.18. The molecule has 0 atom stereocenters. The summed E-state index contributed by atoms with van der Waals surface area (Å²) in [5, 5.41) is 0. The van der Waals surface area contributed by atoms with Gasteiger partial charge in [-0.25, -0.2) is 15.0 Å². The molecule has 3 heterocycles. The molecule has 0 spiro atoms. The smallest absolute Gasteiger partial charge is 0.108 e. The van der Waals surface area contributed by atoms with E-state index in [1.807, 2.05) is 58.3 Å². The monoisotopic (exact) mass is 298 g/mol. The van der Waals surface area contributed by atoms with Gasteiger partial charge in [-0.1, -0.05) is 0 Å². The molecule has 6 nitrogen and oxygen atoms in total. The molecule has 0 aromatic carbocycles. The number of rotatable bonds is 6. The van der Waals surface area contributed by atoms with Crippen molar-refractivity contribution < 1.29 is 0 Å². The van der Waals surface area contributed by atoms with Crippen LogP contribution >= 0.6 is 0 Å². The highest BCUT2D eigenvalue weighted by atomic mass is 15.1. The van der Waals surface area contributed by atoms with Gasteiger partial charge in [0.15, 0.2) is 0 Å². The fourth-order valence-electron chi connectivity index (χ4n) is 2.77. The van der Waals surface area contributed by atoms with E-state index in [2.05, 4.69) is 28.7 Å². The Morgan fingerprint density at radius 1 is 0.682 bits per heavy atom. The molecule has 0 N–H and O–H groups in total. The van der Waals surface area contributed by atoms with E-state index in [0.29, 0.717) is 5.92 Å². The van der Waals surface area contributed by atoms with Crippen molar-refractivity contribution in [2.24, 2.45) is 27.1 Å². The van der Waals surface area contributed by atoms with Crippen LogP contribution in [0, 0.1) is 5.92 Å². The lowest BCUT2D eigenvalue weighted by molar-refractivity contribution is 0.463. The van der Waals surface area contributed by atoms with Crippen molar-refractivity contribution in [2.75, 3.05) is 0 Å². The van der Waals surface area contributed by atoms with Gasteiger partial charge in [-0.3, -0.25) is 0 Å². The standard InChI is InChI=1S/C16H22N6/c1-20-7-4-17-14(20)10-13(11-15-18-5-8-21(15)2)12-16-19-6-9-22(16)3/h4-9,13H,10-12H2,1-3H3. The molecule has 3 aromatic heterocycles. The number of aromatic nitrogens is 6. The third-order valence-electron chi connectivity index (χ3n) is 4.18. The molecule has 0 unspecified atom stereocenters. The molecular formula is C16H22N6. The maximum absolute atomic E-state index is 4.47. The summed E-state index contributed by atoms with van der Waals surface area (Å²) in [7, 11) is 6.13. The van der Waals surface area contributed by atoms with Crippen molar-refractivity contribution in [3.63, 3.8) is 0 Å². The Kier molecular flexibility index (Phi) is 4.09. The van der Waals surface area contributed by atoms with Gasteiger partial charge in [0.2, 0.25) is 0 Å². The van der Waals surface area contributed by atoms with E-state index >= 15 is 0 Å². The molecule has 0 saturated carbocycles. The van der Waals surface area contributed by atoms with Crippen LogP contribution in [-0.2, 0) is 40.4 Å². The first-order valence-corrected chi connectivity index (χ1v) is 7.52. The first-order valence-electron chi connectivity index (χ1n) is 7.52. The summed E-state index contributed by atoms with van der Waals surface area (Å²) in [4.78, 5) is 13.4. The van der Waals surface area contributed by atoms with E-state index in [1.54, 1.807) is 0 Å². The minimum atomic E-state index is 0.420. The van der Waals surface area contributed by atoms with Crippen LogP contribution in [-0.4, -0.2) is 28.7 Å². The first kappa shape index (κ1) is 14.6. The van der Waals surface area contributed by atoms with Crippen LogP contribution < -0.4 is 0 Å². The molecule has 3 rings (SSSR count). The van der Waals surface area contributed by atoms with Gasteiger partial charge in [0, 0.05) is 77.6 Å². The summed E-state index contributed by atoms with van der Waals surface area (Å²) in [5.74, 6) is 3.73. The Labute approximate surface area is 130 Å². The number of hydrogen-bond acceptors (Lipinski definition) is 3. The Balaban J connectivity index is 1.80. The zero-order valence-corrected chi connectivity index (χ0v) is 13.3. The highest BCUT2D eigenvalue weighted by molar-refractivity contribution is 5.01. The van der Waals surface area contributed by atoms with Gasteiger partial charge in [-0.15, -0.1) is 0 Å². The number of aryl methyl sites for hydroxylation is 3. The van der Waals surface area contributed by atoms with E-state index in [9.17, 15) is 0 Å². The predicted molar refractivity (Wildman–Crippen MR) is 84.2 cm³/mol. The zero-order chi connectivity index (χ0) is 15.5. The van der Waals surface area contributed by atoms with Crippen LogP contribution in [0.1, 0.15) is 17.5 Å². The predicted octanol–water partition coefficient (Wildman–Crippen LogP) is 1.53. The van der Waals surface area contributed by atoms with Crippen molar-refractivity contribution in [2.45, 2.75) is 19.3 Å². The number of hydrogen-bond donors (Lipinski definition) is 0. The second kappa shape index (κ2) is 6.17. The van der Waals surface area contributed by atoms with Gasteiger partial charge in [0.1, 0.15) is 17.5 Å². The lowest BCUT2D eigenvalue weighted by Crippen LogP contribution is -2.18. The molecule has 0 aliphatic heterocycles. The average Bonchev–Trinajstić information content (AvgIpc) is 3.17. The summed E-state index contributed by atoms with van der Waals surface area (Å²) in [6.07, 6.45) is 14.3. The maximum Gasteiger partial charge on any atom is 0.108 e. The van der Waals surface area contributed by atoms with Gasteiger partial charge >= 0.3 is 0 Å². The van der Waals surface area contributed by atoms with Gasteiger partial charge < -0.3 is 13.7 Å². The van der Waals surface area contributed by atoms with Crippen LogP contribution in [0.2, 0.25) is 0 Å². The Morgan fingerprint density at radius 3 is 1.23 bits per heavy atom. The minimum absolute atomic E-state index is 0.420. The normalized spacial score (nSPS) is 11.5. The number of imidazole rings is 3. The van der Waals surface area contributed by atoms with E-state index in [4.69, 9.17) is 0 Å². The summed E-state index contributed by atoms with van der Waals surface area (Å²) < 4.78 is 6.26. The summed E-state index contributed by atoms with van der Waals surface area (Å²) >= 11 is 0. The van der Waals surface area contributed by atoms with E-state index in [-0.39, 0.29) is 0 Å². The van der Waals surface area contributed by atoms with E-state index in [0.717, 1.165) is 36.7 Å². The molecule has 0 aliphatic carbocycles. The van der Waals surface area contributed by atoms with Gasteiger partial charge in [-0.05, 0) is 5.92 Å². The molecule has 0 saturated heterocycles. The van der Waals surface area contributed by atoms with Gasteiger partial charge in [-0.2, -0.15) is 0 Å². The van der Waals surface area contributed by atoms with Crippen LogP contribution in [0.5, 0.6) is 0 Å². The fraction of sp³-hybridized carbons (Fsp3) is 0.438. The molecular weight excluding hydrogens is 276 g/mol. The van der Waals surface area contributed by atoms with E-state index < -0.39 is 0 Å². The fourth-order valence-corrected chi connectivity index (χ4v) is 2.77.